The van der Waals surface area contributed by atoms with E-state index in [1.165, 1.54) is 0 Å². The fourth-order valence-corrected chi connectivity index (χ4v) is 0.683. The number of hydrogen-bond acceptors (Lipinski definition) is 2. The Bertz CT molecular complexity index is 107. The highest BCUT2D eigenvalue weighted by atomic mass is 16.5. The molecule has 0 aromatic carbocycles. The maximum atomic E-state index is 9.85. The summed E-state index contributed by atoms with van der Waals surface area (Å²) in [5.74, 6) is 0. The van der Waals surface area contributed by atoms with Crippen molar-refractivity contribution in [1.29, 1.82) is 0 Å². The maximum Gasteiger partial charge on any atom is 0.122 e. The van der Waals surface area contributed by atoms with Gasteiger partial charge in [0, 0.05) is 6.42 Å². The second kappa shape index (κ2) is 2.62. The van der Waals surface area contributed by atoms with Gasteiger partial charge in [0.1, 0.15) is 6.29 Å². The van der Waals surface area contributed by atoms with Crippen LogP contribution in [0.5, 0.6) is 0 Å². The summed E-state index contributed by atoms with van der Waals surface area (Å²) in [5, 5.41) is 0. The van der Waals surface area contributed by atoms with Crippen LogP contribution in [0.4, 0.5) is 0 Å². The molecule has 0 radical (unpaired) electrons. The van der Waals surface area contributed by atoms with E-state index >= 15 is 0 Å². The van der Waals surface area contributed by atoms with Gasteiger partial charge in [0.25, 0.3) is 0 Å². The summed E-state index contributed by atoms with van der Waals surface area (Å²) in [7, 11) is 0. The molecule has 8 heavy (non-hydrogen) atoms. The highest BCUT2D eigenvalue weighted by Crippen LogP contribution is 2.04. The van der Waals surface area contributed by atoms with Crippen LogP contribution in [0.1, 0.15) is 6.42 Å². The lowest BCUT2D eigenvalue weighted by Gasteiger charge is -1.99. The van der Waals surface area contributed by atoms with Crippen molar-refractivity contribution in [1.82, 2.24) is 0 Å². The fraction of sp³-hybridized carbons (Fsp3) is 0.500. The molecule has 0 fully saturated rings. The van der Waals surface area contributed by atoms with E-state index in [0.717, 1.165) is 6.29 Å². The number of carbonyl (C=O) groups excluding carboxylic acids is 1. The second-order valence-electron chi connectivity index (χ2n) is 1.70. The molecular formula is C6H8O2. The second-order valence-corrected chi connectivity index (χ2v) is 1.70. The highest BCUT2D eigenvalue weighted by molar-refractivity contribution is 5.50. The molecular weight excluding hydrogens is 104 g/mol. The lowest BCUT2D eigenvalue weighted by atomic mass is 10.3. The van der Waals surface area contributed by atoms with E-state index in [1.807, 2.05) is 12.2 Å². The first kappa shape index (κ1) is 5.51. The largest absolute Gasteiger partial charge is 0.370 e. The van der Waals surface area contributed by atoms with E-state index in [1.54, 1.807) is 0 Å². The van der Waals surface area contributed by atoms with Crippen LogP contribution in [0.2, 0.25) is 0 Å². The smallest absolute Gasteiger partial charge is 0.122 e. The molecule has 0 amide bonds. The molecule has 1 aliphatic rings. The van der Waals surface area contributed by atoms with E-state index < -0.39 is 0 Å². The van der Waals surface area contributed by atoms with Crippen LogP contribution >= 0.6 is 0 Å². The zero-order chi connectivity index (χ0) is 5.82. The summed E-state index contributed by atoms with van der Waals surface area (Å²) in [6, 6.07) is 0. The zero-order valence-corrected chi connectivity index (χ0v) is 4.54. The molecule has 0 aromatic heterocycles. The van der Waals surface area contributed by atoms with E-state index in [9.17, 15) is 4.79 Å². The standard InChI is InChI=1S/C6H8O2/c7-4-3-6-2-1-5-8-6/h1-2,4,6H,3,5H2. The molecule has 0 saturated carbocycles. The van der Waals surface area contributed by atoms with Crippen molar-refractivity contribution in [3.05, 3.63) is 12.2 Å². The first-order valence-corrected chi connectivity index (χ1v) is 2.65. The lowest BCUT2D eigenvalue weighted by molar-refractivity contribution is -0.109. The van der Waals surface area contributed by atoms with E-state index in [0.29, 0.717) is 13.0 Å². The Morgan fingerprint density at radius 2 is 2.75 bits per heavy atom. The molecule has 1 heterocycles. The van der Waals surface area contributed by atoms with Crippen molar-refractivity contribution in [3.8, 4) is 0 Å². The van der Waals surface area contributed by atoms with Crippen LogP contribution in [0.15, 0.2) is 12.2 Å². The van der Waals surface area contributed by atoms with Gasteiger partial charge in [-0.2, -0.15) is 0 Å². The summed E-state index contributed by atoms with van der Waals surface area (Å²) in [6.07, 6.45) is 5.27. The van der Waals surface area contributed by atoms with E-state index in [2.05, 4.69) is 0 Å². The number of aldehydes is 1. The molecule has 0 saturated heterocycles. The summed E-state index contributed by atoms with van der Waals surface area (Å²) in [4.78, 5) is 9.85. The molecule has 0 aliphatic carbocycles. The van der Waals surface area contributed by atoms with Crippen molar-refractivity contribution in [3.63, 3.8) is 0 Å². The Morgan fingerprint density at radius 1 is 1.88 bits per heavy atom. The van der Waals surface area contributed by atoms with Gasteiger partial charge >= 0.3 is 0 Å². The summed E-state index contributed by atoms with van der Waals surface area (Å²) in [5.41, 5.74) is 0. The molecule has 0 N–H and O–H groups in total. The third kappa shape index (κ3) is 1.17. The number of carbonyl (C=O) groups is 1. The Balaban J connectivity index is 2.25. The average molecular weight is 112 g/mol. The maximum absolute atomic E-state index is 9.85. The highest BCUT2D eigenvalue weighted by Gasteiger charge is 2.06. The normalized spacial score (nSPS) is 26.2. The molecule has 0 bridgehead atoms. The minimum absolute atomic E-state index is 0.0625. The molecule has 1 rings (SSSR count). The molecule has 1 atom stereocenters. The Labute approximate surface area is 48.1 Å². The molecule has 44 valence electrons. The molecule has 2 heteroatoms. The van der Waals surface area contributed by atoms with Crippen LogP contribution in [0, 0.1) is 0 Å². The molecule has 1 aliphatic heterocycles. The predicted molar refractivity (Wildman–Crippen MR) is 29.6 cm³/mol. The van der Waals surface area contributed by atoms with Crippen LogP contribution in [-0.2, 0) is 9.53 Å². The molecule has 1 unspecified atom stereocenters. The average Bonchev–Trinajstić information content (AvgIpc) is 2.19. The van der Waals surface area contributed by atoms with Crippen LogP contribution in [0.25, 0.3) is 0 Å². The first-order chi connectivity index (χ1) is 3.93. The van der Waals surface area contributed by atoms with Gasteiger partial charge < -0.3 is 9.53 Å². The van der Waals surface area contributed by atoms with Crippen LogP contribution < -0.4 is 0 Å². The van der Waals surface area contributed by atoms with Gasteiger partial charge in [0.05, 0.1) is 12.7 Å². The van der Waals surface area contributed by atoms with Crippen molar-refractivity contribution in [2.24, 2.45) is 0 Å². The van der Waals surface area contributed by atoms with Crippen molar-refractivity contribution in [2.75, 3.05) is 6.61 Å². The van der Waals surface area contributed by atoms with Crippen LogP contribution in [-0.4, -0.2) is 19.0 Å². The van der Waals surface area contributed by atoms with Crippen LogP contribution in [0.3, 0.4) is 0 Å². The molecule has 0 aromatic rings. The first-order valence-electron chi connectivity index (χ1n) is 2.65. The Hall–Kier alpha value is -0.630. The number of ether oxygens (including phenoxy) is 1. The Morgan fingerprint density at radius 3 is 3.25 bits per heavy atom. The molecule has 2 nitrogen and oxygen atoms in total. The fourth-order valence-electron chi connectivity index (χ4n) is 0.683. The van der Waals surface area contributed by atoms with E-state index in [4.69, 9.17) is 4.74 Å². The van der Waals surface area contributed by atoms with Crippen molar-refractivity contribution in [2.45, 2.75) is 12.5 Å². The van der Waals surface area contributed by atoms with Crippen molar-refractivity contribution < 1.29 is 9.53 Å². The number of rotatable bonds is 2. The lowest BCUT2D eigenvalue weighted by Crippen LogP contribution is -2.03. The van der Waals surface area contributed by atoms with Gasteiger partial charge in [0.15, 0.2) is 0 Å². The number of hydrogen-bond donors (Lipinski definition) is 0. The van der Waals surface area contributed by atoms with Gasteiger partial charge in [0.2, 0.25) is 0 Å². The van der Waals surface area contributed by atoms with Crippen molar-refractivity contribution >= 4 is 6.29 Å². The van der Waals surface area contributed by atoms with Gasteiger partial charge in [-0.15, -0.1) is 0 Å². The van der Waals surface area contributed by atoms with E-state index in [-0.39, 0.29) is 6.10 Å². The van der Waals surface area contributed by atoms with Gasteiger partial charge in [-0.3, -0.25) is 0 Å². The van der Waals surface area contributed by atoms with Gasteiger partial charge in [-0.25, -0.2) is 0 Å². The van der Waals surface area contributed by atoms with Gasteiger partial charge in [-0.05, 0) is 0 Å². The quantitative estimate of drug-likeness (QED) is 0.384. The summed E-state index contributed by atoms with van der Waals surface area (Å²) in [6.45, 7) is 0.665. The Kier molecular flexibility index (Phi) is 1.80. The molecule has 0 spiro atoms. The summed E-state index contributed by atoms with van der Waals surface area (Å²) < 4.78 is 5.05. The SMILES string of the molecule is O=CCC1C=CCO1. The topological polar surface area (TPSA) is 26.3 Å². The monoisotopic (exact) mass is 112 g/mol. The minimum atomic E-state index is 0.0625. The minimum Gasteiger partial charge on any atom is -0.370 e. The predicted octanol–water partition coefficient (Wildman–Crippen LogP) is 0.530. The third-order valence-corrected chi connectivity index (χ3v) is 1.09. The summed E-state index contributed by atoms with van der Waals surface area (Å²) >= 11 is 0. The third-order valence-electron chi connectivity index (χ3n) is 1.09. The van der Waals surface area contributed by atoms with Gasteiger partial charge in [-0.1, -0.05) is 12.2 Å². The zero-order valence-electron chi connectivity index (χ0n) is 4.54.